The van der Waals surface area contributed by atoms with Crippen molar-refractivity contribution >= 4 is 43.1 Å². The molecule has 0 aliphatic rings. The molecule has 0 bridgehead atoms. The first-order valence-corrected chi connectivity index (χ1v) is 7.84. The third kappa shape index (κ3) is 2.60. The van der Waals surface area contributed by atoms with Gasteiger partial charge in [0.1, 0.15) is 0 Å². The zero-order valence-electron chi connectivity index (χ0n) is 10.9. The summed E-state index contributed by atoms with van der Waals surface area (Å²) in [5.41, 5.74) is 4.57. The molecule has 2 aromatic heterocycles. The Morgan fingerprint density at radius 1 is 1.20 bits per heavy atom. The topological polar surface area (TPSA) is 29.3 Å². The Morgan fingerprint density at radius 3 is 2.70 bits per heavy atom. The number of hydrogen-bond acceptors (Lipinski definition) is 2. The van der Waals surface area contributed by atoms with E-state index in [2.05, 4.69) is 67.4 Å². The van der Waals surface area contributed by atoms with Crippen LogP contribution in [-0.2, 0) is 6.54 Å². The molecule has 0 saturated carbocycles. The highest BCUT2D eigenvalue weighted by Crippen LogP contribution is 2.32. The molecule has 0 amide bonds. The Balaban J connectivity index is 1.87. The first-order chi connectivity index (χ1) is 9.65. The van der Waals surface area contributed by atoms with Crippen molar-refractivity contribution in [1.82, 2.24) is 9.61 Å². The quantitative estimate of drug-likeness (QED) is 0.692. The first kappa shape index (κ1) is 13.6. The molecule has 102 valence electrons. The molecule has 0 unspecified atom stereocenters. The summed E-state index contributed by atoms with van der Waals surface area (Å²) in [7, 11) is 0. The van der Waals surface area contributed by atoms with Gasteiger partial charge in [0.05, 0.1) is 17.4 Å². The van der Waals surface area contributed by atoms with Crippen molar-refractivity contribution in [3.05, 3.63) is 62.8 Å². The fraction of sp³-hybridized carbons (Fsp3) is 0.133. The van der Waals surface area contributed by atoms with Gasteiger partial charge in [-0.1, -0.05) is 6.07 Å². The molecule has 0 aliphatic carbocycles. The van der Waals surface area contributed by atoms with Crippen molar-refractivity contribution in [3.63, 3.8) is 0 Å². The molecule has 0 atom stereocenters. The van der Waals surface area contributed by atoms with Gasteiger partial charge in [0, 0.05) is 27.3 Å². The average molecular weight is 395 g/mol. The van der Waals surface area contributed by atoms with Gasteiger partial charge in [0.15, 0.2) is 0 Å². The molecule has 0 saturated heterocycles. The van der Waals surface area contributed by atoms with E-state index in [1.165, 1.54) is 11.1 Å². The Labute approximate surface area is 134 Å². The maximum absolute atomic E-state index is 4.34. The predicted molar refractivity (Wildman–Crippen MR) is 89.1 cm³/mol. The van der Waals surface area contributed by atoms with Gasteiger partial charge in [0.2, 0.25) is 0 Å². The number of halogens is 2. The first-order valence-electron chi connectivity index (χ1n) is 6.26. The summed E-state index contributed by atoms with van der Waals surface area (Å²) >= 11 is 7.20. The van der Waals surface area contributed by atoms with Crippen LogP contribution in [0.15, 0.2) is 51.7 Å². The Bertz CT molecular complexity index is 742. The summed E-state index contributed by atoms with van der Waals surface area (Å²) in [4.78, 5) is 0. The molecule has 0 fully saturated rings. The summed E-state index contributed by atoms with van der Waals surface area (Å²) in [6.07, 6.45) is 3.86. The van der Waals surface area contributed by atoms with Gasteiger partial charge in [0.25, 0.3) is 0 Å². The van der Waals surface area contributed by atoms with E-state index in [0.29, 0.717) is 0 Å². The number of hydrogen-bond donors (Lipinski definition) is 1. The van der Waals surface area contributed by atoms with Crippen LogP contribution in [0.1, 0.15) is 11.1 Å². The number of pyridine rings is 1. The van der Waals surface area contributed by atoms with Crippen molar-refractivity contribution in [2.75, 3.05) is 5.32 Å². The maximum atomic E-state index is 4.34. The highest BCUT2D eigenvalue weighted by molar-refractivity contribution is 9.11. The largest absolute Gasteiger partial charge is 0.379 e. The number of fused-ring (bicyclic) bond motifs is 1. The normalized spacial score (nSPS) is 10.9. The zero-order valence-corrected chi connectivity index (χ0v) is 14.1. The lowest BCUT2D eigenvalue weighted by atomic mass is 10.2. The molecule has 2 heterocycles. The van der Waals surface area contributed by atoms with E-state index < -0.39 is 0 Å². The summed E-state index contributed by atoms with van der Waals surface area (Å²) < 4.78 is 4.00. The predicted octanol–water partition coefficient (Wildman–Crippen LogP) is 4.78. The number of anilines is 1. The lowest BCUT2D eigenvalue weighted by molar-refractivity contribution is 0.961. The Kier molecular flexibility index (Phi) is 3.81. The zero-order chi connectivity index (χ0) is 14.1. The van der Waals surface area contributed by atoms with Crippen LogP contribution in [0.3, 0.4) is 0 Å². The van der Waals surface area contributed by atoms with E-state index in [4.69, 9.17) is 0 Å². The summed E-state index contributed by atoms with van der Waals surface area (Å²) in [5.74, 6) is 0. The van der Waals surface area contributed by atoms with Crippen LogP contribution in [0.2, 0.25) is 0 Å². The maximum Gasteiger partial charge on any atom is 0.0711 e. The standard InChI is InChI=1S/C15H13Br2N3/c1-10-6-12(16)15(13(17)7-10)18-8-11-9-19-20-5-3-2-4-14(11)20/h2-7,9,18H,8H2,1H3. The molecular weight excluding hydrogens is 382 g/mol. The second-order valence-corrected chi connectivity index (χ2v) is 6.37. The Hall–Kier alpha value is -1.33. The third-order valence-corrected chi connectivity index (χ3v) is 4.40. The highest BCUT2D eigenvalue weighted by Gasteiger charge is 2.08. The van der Waals surface area contributed by atoms with Crippen LogP contribution < -0.4 is 5.32 Å². The van der Waals surface area contributed by atoms with Gasteiger partial charge in [-0.05, 0) is 68.6 Å². The number of benzene rings is 1. The number of nitrogens with one attached hydrogen (secondary N) is 1. The molecular formula is C15H13Br2N3. The second-order valence-electron chi connectivity index (χ2n) is 4.66. The van der Waals surface area contributed by atoms with Crippen molar-refractivity contribution in [3.8, 4) is 0 Å². The van der Waals surface area contributed by atoms with Gasteiger partial charge < -0.3 is 5.32 Å². The molecule has 1 aromatic carbocycles. The molecule has 20 heavy (non-hydrogen) atoms. The van der Waals surface area contributed by atoms with E-state index in [0.717, 1.165) is 26.7 Å². The minimum atomic E-state index is 0.730. The van der Waals surface area contributed by atoms with Crippen LogP contribution in [0.5, 0.6) is 0 Å². The number of nitrogens with zero attached hydrogens (tertiary/aromatic N) is 2. The van der Waals surface area contributed by atoms with Crippen LogP contribution in [0, 0.1) is 6.92 Å². The molecule has 3 rings (SSSR count). The summed E-state index contributed by atoms with van der Waals surface area (Å²) in [6, 6.07) is 10.3. The fourth-order valence-electron chi connectivity index (χ4n) is 2.18. The molecule has 3 nitrogen and oxygen atoms in total. The smallest absolute Gasteiger partial charge is 0.0711 e. The fourth-order valence-corrected chi connectivity index (χ4v) is 3.87. The lowest BCUT2D eigenvalue weighted by Crippen LogP contribution is -2.01. The van der Waals surface area contributed by atoms with Crippen molar-refractivity contribution in [1.29, 1.82) is 0 Å². The van der Waals surface area contributed by atoms with Gasteiger partial charge in [-0.25, -0.2) is 4.52 Å². The van der Waals surface area contributed by atoms with Gasteiger partial charge in [-0.2, -0.15) is 5.10 Å². The van der Waals surface area contributed by atoms with Gasteiger partial charge in [-0.3, -0.25) is 0 Å². The van der Waals surface area contributed by atoms with E-state index in [-0.39, 0.29) is 0 Å². The molecule has 3 aromatic rings. The average Bonchev–Trinajstić information content (AvgIpc) is 2.81. The third-order valence-electron chi connectivity index (χ3n) is 3.15. The minimum absolute atomic E-state index is 0.730. The second kappa shape index (κ2) is 5.58. The highest BCUT2D eigenvalue weighted by atomic mass is 79.9. The van der Waals surface area contributed by atoms with Crippen LogP contribution >= 0.6 is 31.9 Å². The van der Waals surface area contributed by atoms with Crippen molar-refractivity contribution < 1.29 is 0 Å². The number of rotatable bonds is 3. The van der Waals surface area contributed by atoms with Gasteiger partial charge >= 0.3 is 0 Å². The van der Waals surface area contributed by atoms with Gasteiger partial charge in [-0.15, -0.1) is 0 Å². The summed E-state index contributed by atoms with van der Waals surface area (Å²) in [6.45, 7) is 2.80. The van der Waals surface area contributed by atoms with E-state index in [9.17, 15) is 0 Å². The van der Waals surface area contributed by atoms with Crippen LogP contribution in [-0.4, -0.2) is 9.61 Å². The number of aromatic nitrogens is 2. The monoisotopic (exact) mass is 393 g/mol. The molecule has 5 heteroatoms. The SMILES string of the molecule is Cc1cc(Br)c(NCc2cnn3ccccc23)c(Br)c1. The Morgan fingerprint density at radius 2 is 1.95 bits per heavy atom. The molecule has 0 spiro atoms. The van der Waals surface area contributed by atoms with Crippen LogP contribution in [0.25, 0.3) is 5.52 Å². The molecule has 0 aliphatic heterocycles. The minimum Gasteiger partial charge on any atom is -0.379 e. The van der Waals surface area contributed by atoms with E-state index in [1.807, 2.05) is 29.0 Å². The molecule has 1 N–H and O–H groups in total. The summed E-state index contributed by atoms with van der Waals surface area (Å²) in [5, 5.41) is 7.80. The van der Waals surface area contributed by atoms with Crippen LogP contribution in [0.4, 0.5) is 5.69 Å². The van der Waals surface area contributed by atoms with E-state index >= 15 is 0 Å². The van der Waals surface area contributed by atoms with E-state index in [1.54, 1.807) is 0 Å². The number of aryl methyl sites for hydroxylation is 1. The van der Waals surface area contributed by atoms with Crippen molar-refractivity contribution in [2.45, 2.75) is 13.5 Å². The van der Waals surface area contributed by atoms with Crippen molar-refractivity contribution in [2.24, 2.45) is 0 Å². The lowest BCUT2D eigenvalue weighted by Gasteiger charge is -2.11. The molecule has 0 radical (unpaired) electrons.